The van der Waals surface area contributed by atoms with Crippen LogP contribution in [-0.2, 0) is 14.3 Å². The summed E-state index contributed by atoms with van der Waals surface area (Å²) in [5.74, 6) is -0.819. The Hall–Kier alpha value is -2.71. The van der Waals surface area contributed by atoms with Gasteiger partial charge in [0.15, 0.2) is 5.17 Å². The van der Waals surface area contributed by atoms with Crippen LogP contribution >= 0.6 is 11.8 Å². The van der Waals surface area contributed by atoms with Crippen LogP contribution in [0.1, 0.15) is 24.0 Å². The number of rotatable bonds is 8. The summed E-state index contributed by atoms with van der Waals surface area (Å²) in [6.45, 7) is 4.97. The van der Waals surface area contributed by atoms with E-state index in [1.165, 1.54) is 36.0 Å². The van der Waals surface area contributed by atoms with Gasteiger partial charge in [0, 0.05) is 32.4 Å². The number of benzene rings is 2. The van der Waals surface area contributed by atoms with E-state index in [9.17, 15) is 14.0 Å². The maximum Gasteiger partial charge on any atom is 0.242 e. The number of anilines is 1. The summed E-state index contributed by atoms with van der Waals surface area (Å²) in [4.78, 5) is 31.9. The van der Waals surface area contributed by atoms with Crippen LogP contribution in [0.2, 0.25) is 0 Å². The minimum absolute atomic E-state index is 0.00741. The summed E-state index contributed by atoms with van der Waals surface area (Å²) >= 11 is 1.30. The van der Waals surface area contributed by atoms with Crippen molar-refractivity contribution < 1.29 is 18.7 Å². The van der Waals surface area contributed by atoms with E-state index >= 15 is 0 Å². The highest BCUT2D eigenvalue weighted by Gasteiger charge is 2.39. The van der Waals surface area contributed by atoms with Crippen molar-refractivity contribution in [3.8, 4) is 0 Å². The average Bonchev–Trinajstić information content (AvgIpc) is 3.01. The zero-order valence-electron chi connectivity index (χ0n) is 17.9. The Morgan fingerprint density at radius 1 is 1.23 bits per heavy atom. The summed E-state index contributed by atoms with van der Waals surface area (Å²) in [6, 6.07) is 11.5. The summed E-state index contributed by atoms with van der Waals surface area (Å²) < 4.78 is 18.2. The number of nitrogens with zero attached hydrogens (tertiary/aromatic N) is 2. The normalized spacial score (nSPS) is 17.4. The van der Waals surface area contributed by atoms with Crippen LogP contribution in [0.25, 0.3) is 0 Å². The quantitative estimate of drug-likeness (QED) is 0.613. The Balaban J connectivity index is 1.76. The monoisotopic (exact) mass is 443 g/mol. The minimum atomic E-state index is -0.563. The van der Waals surface area contributed by atoms with Gasteiger partial charge in [0.1, 0.15) is 11.1 Å². The zero-order valence-corrected chi connectivity index (χ0v) is 18.7. The molecule has 0 saturated carbocycles. The Kier molecular flexibility index (Phi) is 7.81. The lowest BCUT2D eigenvalue weighted by molar-refractivity contribution is -0.128. The van der Waals surface area contributed by atoms with Crippen molar-refractivity contribution in [2.24, 2.45) is 4.99 Å². The summed E-state index contributed by atoms with van der Waals surface area (Å²) in [5.41, 5.74) is 3.40. The van der Waals surface area contributed by atoms with Gasteiger partial charge in [0.05, 0.1) is 5.69 Å². The van der Waals surface area contributed by atoms with Gasteiger partial charge in [-0.1, -0.05) is 23.9 Å². The van der Waals surface area contributed by atoms with Crippen molar-refractivity contribution in [1.29, 1.82) is 0 Å². The van der Waals surface area contributed by atoms with Crippen molar-refractivity contribution >= 4 is 40.1 Å². The molecule has 0 aromatic heterocycles. The van der Waals surface area contributed by atoms with Crippen LogP contribution in [0.3, 0.4) is 0 Å². The molecule has 1 aliphatic rings. The van der Waals surface area contributed by atoms with Crippen molar-refractivity contribution in [2.75, 3.05) is 25.6 Å². The zero-order chi connectivity index (χ0) is 22.4. The van der Waals surface area contributed by atoms with Gasteiger partial charge in [-0.3, -0.25) is 14.5 Å². The van der Waals surface area contributed by atoms with E-state index in [1.807, 2.05) is 32.0 Å². The van der Waals surface area contributed by atoms with Crippen molar-refractivity contribution in [1.82, 2.24) is 4.90 Å². The topological polar surface area (TPSA) is 71.0 Å². The molecule has 1 unspecified atom stereocenters. The molecule has 1 aliphatic heterocycles. The molecule has 164 valence electrons. The first kappa shape index (κ1) is 23.0. The first-order chi connectivity index (χ1) is 14.9. The third kappa shape index (κ3) is 6.15. The van der Waals surface area contributed by atoms with E-state index in [4.69, 9.17) is 9.73 Å². The van der Waals surface area contributed by atoms with Crippen LogP contribution in [0.15, 0.2) is 47.5 Å². The third-order valence-electron chi connectivity index (χ3n) is 4.83. The fourth-order valence-electron chi connectivity index (χ4n) is 3.15. The molecule has 1 fully saturated rings. The molecule has 0 aliphatic carbocycles. The van der Waals surface area contributed by atoms with Gasteiger partial charge in [0.25, 0.3) is 0 Å². The van der Waals surface area contributed by atoms with Crippen LogP contribution < -0.4 is 5.32 Å². The number of carbonyl (C=O) groups excluding carboxylic acids is 2. The number of ether oxygens (including phenoxy) is 1. The smallest absolute Gasteiger partial charge is 0.242 e. The summed E-state index contributed by atoms with van der Waals surface area (Å²) in [5, 5.41) is 2.74. The standard InChI is InChI=1S/C23H26FN3O3S/c1-15-5-6-16(2)19(13-15)26-23-27(11-4-12-30-3)22(29)20(31-23)14-21(28)25-18-9-7-17(24)8-10-18/h5-10,13,20H,4,11-12,14H2,1-3H3,(H,25,28). The fourth-order valence-corrected chi connectivity index (χ4v) is 4.33. The van der Waals surface area contributed by atoms with E-state index in [2.05, 4.69) is 5.32 Å². The Morgan fingerprint density at radius 3 is 2.68 bits per heavy atom. The third-order valence-corrected chi connectivity index (χ3v) is 6.01. The molecule has 2 amide bonds. The van der Waals surface area contributed by atoms with Gasteiger partial charge < -0.3 is 10.1 Å². The van der Waals surface area contributed by atoms with E-state index < -0.39 is 5.25 Å². The Labute approximate surface area is 185 Å². The maximum absolute atomic E-state index is 13.1. The molecule has 1 N–H and O–H groups in total. The van der Waals surface area contributed by atoms with Crippen LogP contribution in [0.5, 0.6) is 0 Å². The van der Waals surface area contributed by atoms with Crippen LogP contribution in [-0.4, -0.2) is 47.4 Å². The first-order valence-corrected chi connectivity index (χ1v) is 10.9. The van der Waals surface area contributed by atoms with E-state index in [0.29, 0.717) is 30.4 Å². The Morgan fingerprint density at radius 2 is 1.97 bits per heavy atom. The highest BCUT2D eigenvalue weighted by atomic mass is 32.2. The molecule has 1 heterocycles. The second-order valence-corrected chi connectivity index (χ2v) is 8.56. The molecule has 1 atom stereocenters. The summed E-state index contributed by atoms with van der Waals surface area (Å²) in [7, 11) is 1.62. The molecular formula is C23H26FN3O3S. The molecular weight excluding hydrogens is 417 g/mol. The minimum Gasteiger partial charge on any atom is -0.385 e. The molecule has 2 aromatic rings. The number of halogens is 1. The maximum atomic E-state index is 13.1. The molecule has 3 rings (SSSR count). The number of nitrogens with one attached hydrogen (secondary N) is 1. The van der Waals surface area contributed by atoms with Crippen LogP contribution in [0, 0.1) is 19.7 Å². The number of aryl methyl sites for hydroxylation is 2. The molecule has 1 saturated heterocycles. The molecule has 0 bridgehead atoms. The largest absolute Gasteiger partial charge is 0.385 e. The van der Waals surface area contributed by atoms with E-state index in [-0.39, 0.29) is 24.1 Å². The molecule has 31 heavy (non-hydrogen) atoms. The van der Waals surface area contributed by atoms with Crippen molar-refractivity contribution in [3.05, 3.63) is 59.4 Å². The number of amidine groups is 1. The van der Waals surface area contributed by atoms with Crippen molar-refractivity contribution in [3.63, 3.8) is 0 Å². The number of amides is 2. The molecule has 6 nitrogen and oxygen atoms in total. The second kappa shape index (κ2) is 10.5. The number of carbonyl (C=O) groups is 2. The number of methoxy groups -OCH3 is 1. The predicted molar refractivity (Wildman–Crippen MR) is 122 cm³/mol. The first-order valence-electron chi connectivity index (χ1n) is 10.1. The SMILES string of the molecule is COCCCN1C(=O)C(CC(=O)Nc2ccc(F)cc2)SC1=Nc1cc(C)ccc1C. The van der Waals surface area contributed by atoms with Crippen LogP contribution in [0.4, 0.5) is 15.8 Å². The van der Waals surface area contributed by atoms with E-state index in [0.717, 1.165) is 16.8 Å². The van der Waals surface area contributed by atoms with Gasteiger partial charge in [0.2, 0.25) is 11.8 Å². The Bertz CT molecular complexity index is 979. The van der Waals surface area contributed by atoms with Gasteiger partial charge in [-0.25, -0.2) is 9.38 Å². The number of hydrogen-bond acceptors (Lipinski definition) is 5. The van der Waals surface area contributed by atoms with Gasteiger partial charge in [-0.05, 0) is 61.7 Å². The van der Waals surface area contributed by atoms with E-state index in [1.54, 1.807) is 12.0 Å². The highest BCUT2D eigenvalue weighted by molar-refractivity contribution is 8.15. The highest BCUT2D eigenvalue weighted by Crippen LogP contribution is 2.33. The predicted octanol–water partition coefficient (Wildman–Crippen LogP) is 4.44. The average molecular weight is 444 g/mol. The molecule has 8 heteroatoms. The summed E-state index contributed by atoms with van der Waals surface area (Å²) in [6.07, 6.45) is 0.677. The number of thioether (sulfide) groups is 1. The molecule has 0 radical (unpaired) electrons. The molecule has 2 aromatic carbocycles. The molecule has 0 spiro atoms. The van der Waals surface area contributed by atoms with Gasteiger partial charge in [-0.2, -0.15) is 0 Å². The number of aliphatic imine (C=N–C) groups is 1. The lowest BCUT2D eigenvalue weighted by Crippen LogP contribution is -2.34. The number of hydrogen-bond donors (Lipinski definition) is 1. The van der Waals surface area contributed by atoms with Crippen molar-refractivity contribution in [2.45, 2.75) is 31.9 Å². The lowest BCUT2D eigenvalue weighted by Gasteiger charge is -2.16. The fraction of sp³-hybridized carbons (Fsp3) is 0.348. The second-order valence-electron chi connectivity index (χ2n) is 7.39. The van der Waals surface area contributed by atoms with Gasteiger partial charge in [-0.15, -0.1) is 0 Å². The van der Waals surface area contributed by atoms with Gasteiger partial charge >= 0.3 is 0 Å². The lowest BCUT2D eigenvalue weighted by atomic mass is 10.1.